The number of benzene rings is 11. The predicted octanol–water partition coefficient (Wildman–Crippen LogP) is 12.8. The van der Waals surface area contributed by atoms with Crippen LogP contribution < -0.4 is 46.9 Å². The lowest BCUT2D eigenvalue weighted by atomic mass is 9.32. The van der Waals surface area contributed by atoms with Gasteiger partial charge in [0.25, 0.3) is 6.71 Å². The Morgan fingerprint density at radius 3 is 1.27 bits per heavy atom. The van der Waals surface area contributed by atoms with Gasteiger partial charge in [0, 0.05) is 33.4 Å². The third-order valence-electron chi connectivity index (χ3n) is 19.9. The van der Waals surface area contributed by atoms with Gasteiger partial charge in [-0.15, -0.1) is 0 Å². The molecule has 6 heteroatoms. The lowest BCUT2D eigenvalue weighted by molar-refractivity contribution is 0.735. The van der Waals surface area contributed by atoms with Crippen LogP contribution in [0.25, 0.3) is 32.9 Å². The molecule has 0 bridgehead atoms. The molecule has 0 radical (unpaired) electrons. The van der Waals surface area contributed by atoms with Crippen LogP contribution in [0.4, 0.5) is 34.1 Å². The first-order valence-corrected chi connectivity index (χ1v) is 34.2. The van der Waals surface area contributed by atoms with Crippen molar-refractivity contribution in [1.82, 2.24) is 4.98 Å². The second-order valence-corrected chi connectivity index (χ2v) is 32.6. The van der Waals surface area contributed by atoms with Crippen molar-refractivity contribution in [2.75, 3.05) is 9.80 Å². The fourth-order valence-electron chi connectivity index (χ4n) is 16.9. The average molecular weight is 1040 g/mol. The molecule has 0 aliphatic carbocycles. The number of fused-ring (bicyclic) bond motifs is 24. The molecule has 1 aromatic heterocycles. The molecule has 0 atom stereocenters. The molecule has 18 rings (SSSR count). The van der Waals surface area contributed by atoms with Crippen molar-refractivity contribution in [1.29, 1.82) is 0 Å². The molecule has 0 amide bonds. The van der Waals surface area contributed by atoms with E-state index in [9.17, 15) is 0 Å². The van der Waals surface area contributed by atoms with Gasteiger partial charge in [-0.05, 0) is 105 Å². The highest BCUT2D eigenvalue weighted by Crippen LogP contribution is 2.63. The second kappa shape index (κ2) is 15.1. The van der Waals surface area contributed by atoms with Gasteiger partial charge in [-0.25, -0.2) is 4.98 Å². The zero-order chi connectivity index (χ0) is 52.3. The van der Waals surface area contributed by atoms with Crippen molar-refractivity contribution in [3.63, 3.8) is 0 Å². The largest absolute Gasteiger partial charge is 0.311 e. The number of nitrogens with zero attached hydrogens (tertiary/aromatic N) is 3. The lowest BCUT2D eigenvalue weighted by Crippen LogP contribution is -2.67. The Bertz CT molecular complexity index is 4620. The first kappa shape index (κ1) is 44.2. The average Bonchev–Trinajstić information content (AvgIpc) is 2.65. The molecule has 12 aromatic rings. The second-order valence-electron chi connectivity index (χ2n) is 24.0. The number of hydrogen-bond acceptors (Lipinski definition) is 3. The number of rotatable bonds is 1. The SMILES string of the molecule is C[Si]1(C)c2ccccc2C2(c3ccccc3N3c4cc5c(nc(-c6ccccc6)c6ccccc65)c5c4B(c4cccc2c43)c2cccc3c2N5c2ccccc2C32c3ccccc3[Si](C)(C)c3ccccc32)c2ccccc21. The van der Waals surface area contributed by atoms with Gasteiger partial charge in [0.05, 0.1) is 39.1 Å². The molecular weight excluding hydrogens is 986 g/mol. The molecule has 370 valence electrons. The molecule has 6 aliphatic rings. The maximum Gasteiger partial charge on any atom is 0.252 e. The summed E-state index contributed by atoms with van der Waals surface area (Å²) in [5.74, 6) is 0. The zero-order valence-electron chi connectivity index (χ0n) is 44.5. The van der Waals surface area contributed by atoms with E-state index in [0.717, 1.165) is 27.5 Å². The van der Waals surface area contributed by atoms with Gasteiger partial charge in [0.1, 0.15) is 16.1 Å². The number of pyridine rings is 1. The van der Waals surface area contributed by atoms with E-state index in [1.54, 1.807) is 0 Å². The van der Waals surface area contributed by atoms with Crippen LogP contribution in [0.2, 0.25) is 26.2 Å². The molecular formula is C73H52BN3Si2. The predicted molar refractivity (Wildman–Crippen MR) is 336 cm³/mol. The summed E-state index contributed by atoms with van der Waals surface area (Å²) in [5.41, 5.74) is 24.3. The summed E-state index contributed by atoms with van der Waals surface area (Å²) in [5, 5.41) is 9.55. The normalized spacial score (nSPS) is 16.7. The highest BCUT2D eigenvalue weighted by molar-refractivity contribution is 7.02. The Morgan fingerprint density at radius 2 is 0.747 bits per heavy atom. The van der Waals surface area contributed by atoms with Crippen molar-refractivity contribution in [3.8, 4) is 11.3 Å². The Labute approximate surface area is 463 Å². The zero-order valence-corrected chi connectivity index (χ0v) is 46.5. The smallest absolute Gasteiger partial charge is 0.252 e. The quantitative estimate of drug-likeness (QED) is 0.121. The van der Waals surface area contributed by atoms with Crippen molar-refractivity contribution in [2.45, 2.75) is 37.0 Å². The van der Waals surface area contributed by atoms with E-state index >= 15 is 0 Å². The van der Waals surface area contributed by atoms with Crippen molar-refractivity contribution < 1.29 is 0 Å². The maximum absolute atomic E-state index is 6.08. The Hall–Kier alpha value is -8.81. The molecule has 0 fully saturated rings. The van der Waals surface area contributed by atoms with Crippen LogP contribution in [0.1, 0.15) is 44.5 Å². The third-order valence-corrected chi connectivity index (χ3v) is 27.0. The van der Waals surface area contributed by atoms with Gasteiger partial charge in [-0.1, -0.05) is 251 Å². The van der Waals surface area contributed by atoms with Crippen LogP contribution in [-0.4, -0.2) is 27.8 Å². The highest BCUT2D eigenvalue weighted by atomic mass is 28.3. The van der Waals surface area contributed by atoms with Gasteiger partial charge in [-0.2, -0.15) is 0 Å². The van der Waals surface area contributed by atoms with E-state index in [0.29, 0.717) is 0 Å². The van der Waals surface area contributed by atoms with Crippen LogP contribution in [-0.2, 0) is 10.8 Å². The number of para-hydroxylation sites is 4. The van der Waals surface area contributed by atoms with Gasteiger partial charge in [0.2, 0.25) is 0 Å². The third kappa shape index (κ3) is 5.07. The van der Waals surface area contributed by atoms with Crippen LogP contribution >= 0.6 is 0 Å². The molecule has 7 heterocycles. The minimum atomic E-state index is -2.18. The summed E-state index contributed by atoms with van der Waals surface area (Å²) >= 11 is 0. The summed E-state index contributed by atoms with van der Waals surface area (Å²) in [6, 6.07) is 94.1. The van der Waals surface area contributed by atoms with Crippen LogP contribution in [0.5, 0.6) is 0 Å². The monoisotopic (exact) mass is 1040 g/mol. The molecule has 2 spiro atoms. The molecule has 0 saturated heterocycles. The van der Waals surface area contributed by atoms with Gasteiger partial charge in [0.15, 0.2) is 0 Å². The van der Waals surface area contributed by atoms with Crippen LogP contribution in [0, 0.1) is 0 Å². The number of aromatic nitrogens is 1. The van der Waals surface area contributed by atoms with E-state index in [2.05, 4.69) is 279 Å². The first-order valence-electron chi connectivity index (χ1n) is 28.2. The minimum absolute atomic E-state index is 0.135. The number of hydrogen-bond donors (Lipinski definition) is 0. The fourth-order valence-corrected chi connectivity index (χ4v) is 23.3. The van der Waals surface area contributed by atoms with Crippen molar-refractivity contribution in [3.05, 3.63) is 287 Å². The van der Waals surface area contributed by atoms with Gasteiger partial charge in [-0.3, -0.25) is 0 Å². The highest BCUT2D eigenvalue weighted by Gasteiger charge is 2.60. The maximum atomic E-state index is 6.08. The molecule has 0 N–H and O–H groups in total. The van der Waals surface area contributed by atoms with Crippen molar-refractivity contribution >= 4 is 116 Å². The number of anilines is 6. The summed E-state index contributed by atoms with van der Waals surface area (Å²) in [6.45, 7) is 10.1. The van der Waals surface area contributed by atoms with E-state index in [4.69, 9.17) is 4.98 Å². The van der Waals surface area contributed by atoms with Gasteiger partial charge >= 0.3 is 0 Å². The summed E-state index contributed by atoms with van der Waals surface area (Å²) < 4.78 is 0. The van der Waals surface area contributed by atoms with E-state index in [1.807, 2.05) is 0 Å². The van der Waals surface area contributed by atoms with E-state index in [1.165, 1.54) is 121 Å². The van der Waals surface area contributed by atoms with Crippen molar-refractivity contribution in [2.24, 2.45) is 0 Å². The Morgan fingerprint density at radius 1 is 0.342 bits per heavy atom. The molecule has 0 unspecified atom stereocenters. The summed E-state index contributed by atoms with van der Waals surface area (Å²) in [7, 11) is -4.34. The molecule has 0 saturated carbocycles. The molecule has 3 nitrogen and oxygen atoms in total. The van der Waals surface area contributed by atoms with Crippen LogP contribution in [0.15, 0.2) is 243 Å². The molecule has 11 aromatic carbocycles. The Balaban J connectivity index is 1.05. The van der Waals surface area contributed by atoms with E-state index < -0.39 is 27.0 Å². The summed E-state index contributed by atoms with van der Waals surface area (Å²) in [6.07, 6.45) is 0. The lowest BCUT2D eigenvalue weighted by Gasteiger charge is -2.56. The van der Waals surface area contributed by atoms with E-state index in [-0.39, 0.29) is 6.71 Å². The molecule has 79 heavy (non-hydrogen) atoms. The first-order chi connectivity index (χ1) is 38.8. The topological polar surface area (TPSA) is 19.4 Å². The minimum Gasteiger partial charge on any atom is -0.311 e. The molecule has 6 aliphatic heterocycles. The standard InChI is InChI=1S/C73H52BN3Si2/c1-78(2)62-40-18-12-30-51(62)72(52-31-13-19-41-63(52)78)49-28-10-16-38-59(49)76-61-44-48-46-26-8-9-27-47(46)67(45-24-6-5-7-25-45)75-68(48)71-66(61)74(57-36-22-34-55(72)69(57)76)58-37-23-35-56-70(58)77(71)60-39-17-11-29-50(60)73(56)53-32-14-20-42-64(53)79(3,4)65-43-21-15-33-54(65)73/h5-44H,1-4H3. The van der Waals surface area contributed by atoms with Gasteiger partial charge < -0.3 is 9.80 Å². The Kier molecular flexibility index (Phi) is 8.42. The summed E-state index contributed by atoms with van der Waals surface area (Å²) in [4.78, 5) is 11.5. The fraction of sp³-hybridized carbons (Fsp3) is 0.0822. The van der Waals surface area contributed by atoms with Crippen LogP contribution in [0.3, 0.4) is 0 Å².